The van der Waals surface area contributed by atoms with Gasteiger partial charge in [0.1, 0.15) is 12.3 Å². The van der Waals surface area contributed by atoms with Crippen LogP contribution in [0.1, 0.15) is 21.8 Å². The predicted molar refractivity (Wildman–Crippen MR) is 88.2 cm³/mol. The van der Waals surface area contributed by atoms with Crippen molar-refractivity contribution >= 4 is 11.8 Å². The van der Waals surface area contributed by atoms with Gasteiger partial charge in [-0.3, -0.25) is 9.59 Å². The van der Waals surface area contributed by atoms with E-state index in [2.05, 4.69) is 10.6 Å². The molecule has 3 N–H and O–H groups in total. The molecule has 0 fully saturated rings. The Balaban J connectivity index is 2.11. The number of nitriles is 1. The van der Waals surface area contributed by atoms with Crippen LogP contribution in [0.4, 0.5) is 0 Å². The first-order valence-corrected chi connectivity index (χ1v) is 7.38. The summed E-state index contributed by atoms with van der Waals surface area (Å²) >= 11 is 0. The van der Waals surface area contributed by atoms with Crippen molar-refractivity contribution in [3.63, 3.8) is 0 Å². The first-order valence-electron chi connectivity index (χ1n) is 7.38. The first-order chi connectivity index (χ1) is 11.6. The SMILES string of the molecule is N#CCNC(=O)C(CNC(=O)c1ccccc1)c1ccc(O)cc1. The van der Waals surface area contributed by atoms with E-state index < -0.39 is 5.92 Å². The zero-order valence-corrected chi connectivity index (χ0v) is 12.9. The third-order valence-electron chi connectivity index (χ3n) is 3.46. The Labute approximate surface area is 139 Å². The lowest BCUT2D eigenvalue weighted by Crippen LogP contribution is -2.37. The van der Waals surface area contributed by atoms with E-state index in [0.717, 1.165) is 0 Å². The molecule has 0 saturated carbocycles. The second-order valence-electron chi connectivity index (χ2n) is 5.10. The number of aromatic hydroxyl groups is 1. The quantitative estimate of drug-likeness (QED) is 0.702. The summed E-state index contributed by atoms with van der Waals surface area (Å²) in [5.41, 5.74) is 1.14. The number of hydrogen-bond acceptors (Lipinski definition) is 4. The summed E-state index contributed by atoms with van der Waals surface area (Å²) in [5, 5.41) is 23.2. The molecule has 0 spiro atoms. The van der Waals surface area contributed by atoms with Gasteiger partial charge < -0.3 is 15.7 Å². The van der Waals surface area contributed by atoms with Crippen molar-refractivity contribution in [1.82, 2.24) is 10.6 Å². The van der Waals surface area contributed by atoms with Gasteiger partial charge in [0, 0.05) is 12.1 Å². The average molecular weight is 323 g/mol. The van der Waals surface area contributed by atoms with Gasteiger partial charge in [0.15, 0.2) is 0 Å². The van der Waals surface area contributed by atoms with Gasteiger partial charge in [-0.1, -0.05) is 30.3 Å². The van der Waals surface area contributed by atoms with Crippen LogP contribution in [0.2, 0.25) is 0 Å². The number of nitrogens with one attached hydrogen (secondary N) is 2. The Bertz CT molecular complexity index is 736. The van der Waals surface area contributed by atoms with Crippen molar-refractivity contribution in [2.45, 2.75) is 5.92 Å². The van der Waals surface area contributed by atoms with Crippen molar-refractivity contribution in [3.05, 3.63) is 65.7 Å². The maximum absolute atomic E-state index is 12.3. The highest BCUT2D eigenvalue weighted by Crippen LogP contribution is 2.19. The molecule has 0 aliphatic heterocycles. The van der Waals surface area contributed by atoms with Crippen LogP contribution in [0.15, 0.2) is 54.6 Å². The second-order valence-corrected chi connectivity index (χ2v) is 5.10. The monoisotopic (exact) mass is 323 g/mol. The van der Waals surface area contributed by atoms with Crippen molar-refractivity contribution < 1.29 is 14.7 Å². The van der Waals surface area contributed by atoms with E-state index in [-0.39, 0.29) is 30.7 Å². The van der Waals surface area contributed by atoms with Crippen LogP contribution in [0.3, 0.4) is 0 Å². The molecule has 2 aromatic rings. The van der Waals surface area contributed by atoms with Crippen LogP contribution in [0, 0.1) is 11.3 Å². The molecule has 2 aromatic carbocycles. The molecular weight excluding hydrogens is 306 g/mol. The highest BCUT2D eigenvalue weighted by atomic mass is 16.3. The molecule has 0 aliphatic rings. The van der Waals surface area contributed by atoms with Gasteiger partial charge in [-0.15, -0.1) is 0 Å². The fraction of sp³-hybridized carbons (Fsp3) is 0.167. The molecule has 24 heavy (non-hydrogen) atoms. The second kappa shape index (κ2) is 8.34. The van der Waals surface area contributed by atoms with Gasteiger partial charge >= 0.3 is 0 Å². The molecule has 122 valence electrons. The van der Waals surface area contributed by atoms with Gasteiger partial charge in [-0.25, -0.2) is 0 Å². The van der Waals surface area contributed by atoms with Gasteiger partial charge in [-0.05, 0) is 29.8 Å². The van der Waals surface area contributed by atoms with Crippen LogP contribution in [-0.4, -0.2) is 30.0 Å². The Hall–Kier alpha value is -3.33. The highest BCUT2D eigenvalue weighted by Gasteiger charge is 2.21. The summed E-state index contributed by atoms with van der Waals surface area (Å²) in [5.74, 6) is -1.22. The highest BCUT2D eigenvalue weighted by molar-refractivity contribution is 5.94. The van der Waals surface area contributed by atoms with Crippen molar-refractivity contribution in [3.8, 4) is 11.8 Å². The molecule has 1 unspecified atom stereocenters. The third-order valence-corrected chi connectivity index (χ3v) is 3.46. The predicted octanol–water partition coefficient (Wildman–Crippen LogP) is 1.55. The lowest BCUT2D eigenvalue weighted by Gasteiger charge is -2.17. The molecule has 2 rings (SSSR count). The summed E-state index contributed by atoms with van der Waals surface area (Å²) < 4.78 is 0. The van der Waals surface area contributed by atoms with Crippen LogP contribution in [0.5, 0.6) is 5.75 Å². The number of benzene rings is 2. The minimum atomic E-state index is -0.661. The molecule has 0 heterocycles. The van der Waals surface area contributed by atoms with Crippen LogP contribution in [0.25, 0.3) is 0 Å². The smallest absolute Gasteiger partial charge is 0.251 e. The summed E-state index contributed by atoms with van der Waals surface area (Å²) in [7, 11) is 0. The maximum atomic E-state index is 12.3. The van der Waals surface area contributed by atoms with E-state index in [1.807, 2.05) is 12.1 Å². The number of phenolic OH excluding ortho intramolecular Hbond substituents is 1. The lowest BCUT2D eigenvalue weighted by molar-refractivity contribution is -0.122. The summed E-state index contributed by atoms with van der Waals surface area (Å²) in [4.78, 5) is 24.4. The summed E-state index contributed by atoms with van der Waals surface area (Å²) in [6, 6.07) is 16.7. The Kier molecular flexibility index (Phi) is 5.92. The number of carbonyl (C=O) groups is 2. The van der Waals surface area contributed by atoms with Crippen LogP contribution >= 0.6 is 0 Å². The topological polar surface area (TPSA) is 102 Å². The molecule has 6 heteroatoms. The standard InChI is InChI=1S/C18H17N3O3/c19-10-11-20-18(24)16(13-6-8-15(22)9-7-13)12-21-17(23)14-4-2-1-3-5-14/h1-9,16,22H,11-12H2,(H,20,24)(H,21,23). The molecule has 1 atom stereocenters. The Morgan fingerprint density at radius 2 is 1.71 bits per heavy atom. The van der Waals surface area contributed by atoms with E-state index >= 15 is 0 Å². The molecule has 6 nitrogen and oxygen atoms in total. The fourth-order valence-corrected chi connectivity index (χ4v) is 2.20. The van der Waals surface area contributed by atoms with Crippen LogP contribution in [-0.2, 0) is 4.79 Å². The normalized spacial score (nSPS) is 11.1. The summed E-state index contributed by atoms with van der Waals surface area (Å²) in [6.45, 7) is -0.0319. The largest absolute Gasteiger partial charge is 0.508 e. The number of rotatable bonds is 6. The molecular formula is C18H17N3O3. The van der Waals surface area contributed by atoms with Gasteiger partial charge in [0.05, 0.1) is 12.0 Å². The van der Waals surface area contributed by atoms with E-state index in [4.69, 9.17) is 5.26 Å². The number of amides is 2. The number of carbonyl (C=O) groups excluding carboxylic acids is 2. The molecule has 0 aliphatic carbocycles. The van der Waals surface area contributed by atoms with Crippen molar-refractivity contribution in [2.75, 3.05) is 13.1 Å². The van der Waals surface area contributed by atoms with Crippen LogP contribution < -0.4 is 10.6 Å². The number of phenols is 1. The van der Waals surface area contributed by atoms with Gasteiger partial charge in [0.2, 0.25) is 5.91 Å². The minimum Gasteiger partial charge on any atom is -0.508 e. The average Bonchev–Trinajstić information content (AvgIpc) is 2.62. The molecule has 0 saturated heterocycles. The third kappa shape index (κ3) is 4.58. The molecule has 0 aromatic heterocycles. The van der Waals surface area contributed by atoms with E-state index in [0.29, 0.717) is 11.1 Å². The fourth-order valence-electron chi connectivity index (χ4n) is 2.20. The van der Waals surface area contributed by atoms with Crippen molar-refractivity contribution in [1.29, 1.82) is 5.26 Å². The van der Waals surface area contributed by atoms with E-state index in [1.54, 1.807) is 36.4 Å². The molecule has 0 bridgehead atoms. The number of nitrogens with zero attached hydrogens (tertiary/aromatic N) is 1. The van der Waals surface area contributed by atoms with E-state index in [1.165, 1.54) is 12.1 Å². The summed E-state index contributed by atoms with van der Waals surface area (Å²) in [6.07, 6.45) is 0. The van der Waals surface area contributed by atoms with E-state index in [9.17, 15) is 14.7 Å². The van der Waals surface area contributed by atoms with Gasteiger partial charge in [0.25, 0.3) is 5.91 Å². The zero-order valence-electron chi connectivity index (χ0n) is 12.9. The van der Waals surface area contributed by atoms with Gasteiger partial charge in [-0.2, -0.15) is 5.26 Å². The maximum Gasteiger partial charge on any atom is 0.251 e. The Morgan fingerprint density at radius 3 is 2.33 bits per heavy atom. The lowest BCUT2D eigenvalue weighted by atomic mass is 9.97. The molecule has 0 radical (unpaired) electrons. The minimum absolute atomic E-state index is 0.0791. The zero-order chi connectivity index (χ0) is 17.4. The Morgan fingerprint density at radius 1 is 1.04 bits per heavy atom. The molecule has 2 amide bonds. The number of hydrogen-bond donors (Lipinski definition) is 3. The van der Waals surface area contributed by atoms with Crippen molar-refractivity contribution in [2.24, 2.45) is 0 Å². The first kappa shape index (κ1) is 17.0.